The Morgan fingerprint density at radius 3 is 2.79 bits per heavy atom. The van der Waals surface area contributed by atoms with E-state index in [2.05, 4.69) is 11.4 Å². The summed E-state index contributed by atoms with van der Waals surface area (Å²) in [6, 6.07) is 6.06. The molecule has 3 rings (SSSR count). The molecule has 0 bridgehead atoms. The predicted molar refractivity (Wildman–Crippen MR) is 81.8 cm³/mol. The van der Waals surface area contributed by atoms with Gasteiger partial charge in [0.2, 0.25) is 0 Å². The van der Waals surface area contributed by atoms with E-state index in [0.717, 1.165) is 26.1 Å². The van der Waals surface area contributed by atoms with Gasteiger partial charge in [-0.05, 0) is 37.1 Å². The van der Waals surface area contributed by atoms with E-state index in [1.54, 1.807) is 7.11 Å². The van der Waals surface area contributed by atoms with Gasteiger partial charge < -0.3 is 10.1 Å². The third-order valence-electron chi connectivity index (χ3n) is 4.62. The molecule has 2 nitrogen and oxygen atoms in total. The van der Waals surface area contributed by atoms with Crippen molar-refractivity contribution in [2.24, 2.45) is 5.41 Å². The van der Waals surface area contributed by atoms with E-state index in [0.29, 0.717) is 10.0 Å². The Morgan fingerprint density at radius 2 is 2.11 bits per heavy atom. The van der Waals surface area contributed by atoms with Crippen molar-refractivity contribution in [2.75, 3.05) is 26.8 Å². The fourth-order valence-corrected chi connectivity index (χ4v) is 3.91. The fourth-order valence-electron chi connectivity index (χ4n) is 3.61. The maximum absolute atomic E-state index is 6.16. The van der Waals surface area contributed by atoms with Crippen molar-refractivity contribution in [3.8, 4) is 0 Å². The Kier molecular flexibility index (Phi) is 4.39. The Labute approximate surface area is 130 Å². The number of nitrogens with one attached hydrogen (secondary N) is 1. The molecule has 1 aliphatic carbocycles. The molecule has 1 aromatic rings. The number of halogens is 3. The molecule has 0 unspecified atom stereocenters. The molecule has 2 aliphatic rings. The molecule has 0 radical (unpaired) electrons. The van der Waals surface area contributed by atoms with Crippen LogP contribution in [0.15, 0.2) is 18.2 Å². The number of ether oxygens (including phenoxy) is 1. The molecule has 5 heteroatoms. The van der Waals surface area contributed by atoms with E-state index < -0.39 is 0 Å². The zero-order chi connectivity index (χ0) is 12.8. The first-order valence-corrected chi connectivity index (χ1v) is 7.04. The number of methoxy groups -OCH3 is 1. The molecule has 0 amide bonds. The number of fused-ring (bicyclic) bond motifs is 1. The molecule has 0 spiro atoms. The van der Waals surface area contributed by atoms with Gasteiger partial charge in [-0.15, -0.1) is 12.4 Å². The lowest BCUT2D eigenvalue weighted by atomic mass is 9.81. The van der Waals surface area contributed by atoms with Gasteiger partial charge in [0.25, 0.3) is 0 Å². The molecular formula is C14H18Cl3NO. The van der Waals surface area contributed by atoms with Gasteiger partial charge >= 0.3 is 0 Å². The van der Waals surface area contributed by atoms with Gasteiger partial charge in [-0.25, -0.2) is 0 Å². The summed E-state index contributed by atoms with van der Waals surface area (Å²) < 4.78 is 5.43. The summed E-state index contributed by atoms with van der Waals surface area (Å²) >= 11 is 12.2. The Balaban J connectivity index is 0.00000133. The summed E-state index contributed by atoms with van der Waals surface area (Å²) in [5.41, 5.74) is 1.80. The lowest BCUT2D eigenvalue weighted by molar-refractivity contribution is 0.116. The highest BCUT2D eigenvalue weighted by Gasteiger charge is 2.68. The van der Waals surface area contributed by atoms with E-state index in [4.69, 9.17) is 27.9 Å². The molecule has 19 heavy (non-hydrogen) atoms. The van der Waals surface area contributed by atoms with Gasteiger partial charge in [0, 0.05) is 24.5 Å². The standard InChI is InChI=1S/C14H17Cl2NO.ClH/c1-18-9-13-7-14(13,4-5-17-8-13)10-2-3-11(15)12(16)6-10;/h2-3,6,17H,4-5,7-9H2,1H3;1H/t13-,14-;/m0./s1. The average molecular weight is 323 g/mol. The van der Waals surface area contributed by atoms with Crippen LogP contribution < -0.4 is 5.32 Å². The van der Waals surface area contributed by atoms with Crippen LogP contribution in [0.25, 0.3) is 0 Å². The molecule has 2 atom stereocenters. The second kappa shape index (κ2) is 5.42. The Bertz CT molecular complexity index is 478. The molecule has 2 fully saturated rings. The van der Waals surface area contributed by atoms with Crippen LogP contribution in [0, 0.1) is 5.41 Å². The van der Waals surface area contributed by atoms with Gasteiger partial charge in [0.1, 0.15) is 0 Å². The van der Waals surface area contributed by atoms with Crippen LogP contribution in [-0.2, 0) is 10.2 Å². The zero-order valence-corrected chi connectivity index (χ0v) is 13.2. The van der Waals surface area contributed by atoms with Crippen molar-refractivity contribution in [3.05, 3.63) is 33.8 Å². The van der Waals surface area contributed by atoms with Gasteiger partial charge in [-0.3, -0.25) is 0 Å². The summed E-state index contributed by atoms with van der Waals surface area (Å²) in [5, 5.41) is 4.76. The highest BCUT2D eigenvalue weighted by atomic mass is 35.5. The highest BCUT2D eigenvalue weighted by molar-refractivity contribution is 6.42. The molecule has 106 valence electrons. The zero-order valence-electron chi connectivity index (χ0n) is 10.8. The summed E-state index contributed by atoms with van der Waals surface area (Å²) in [4.78, 5) is 0. The first-order chi connectivity index (χ1) is 8.63. The number of piperidine rings is 1. The lowest BCUT2D eigenvalue weighted by Crippen LogP contribution is -2.40. The second-order valence-electron chi connectivity index (χ2n) is 5.53. The van der Waals surface area contributed by atoms with Gasteiger partial charge in [-0.2, -0.15) is 0 Å². The van der Waals surface area contributed by atoms with Gasteiger partial charge in [0.15, 0.2) is 0 Å². The summed E-state index contributed by atoms with van der Waals surface area (Å²) in [6.45, 7) is 2.90. The monoisotopic (exact) mass is 321 g/mol. The minimum atomic E-state index is 0. The first-order valence-electron chi connectivity index (χ1n) is 6.29. The van der Waals surface area contributed by atoms with E-state index in [-0.39, 0.29) is 23.2 Å². The Hall–Kier alpha value is 0.01000. The second-order valence-corrected chi connectivity index (χ2v) is 6.34. The lowest BCUT2D eigenvalue weighted by Gasteiger charge is -2.31. The smallest absolute Gasteiger partial charge is 0.0595 e. The number of hydrogen-bond acceptors (Lipinski definition) is 2. The normalized spacial score (nSPS) is 32.4. The predicted octanol–water partition coefficient (Wildman–Crippen LogP) is 3.68. The van der Waals surface area contributed by atoms with Crippen molar-refractivity contribution < 1.29 is 4.74 Å². The Morgan fingerprint density at radius 1 is 1.32 bits per heavy atom. The molecule has 1 N–H and O–H groups in total. The van der Waals surface area contributed by atoms with Crippen LogP contribution in [0.5, 0.6) is 0 Å². The molecule has 1 aromatic carbocycles. The maximum Gasteiger partial charge on any atom is 0.0595 e. The van der Waals surface area contributed by atoms with Crippen molar-refractivity contribution in [1.82, 2.24) is 5.32 Å². The fraction of sp³-hybridized carbons (Fsp3) is 0.571. The van der Waals surface area contributed by atoms with Crippen LogP contribution in [0.3, 0.4) is 0 Å². The minimum Gasteiger partial charge on any atom is -0.384 e. The van der Waals surface area contributed by atoms with Gasteiger partial charge in [0.05, 0.1) is 16.7 Å². The number of benzene rings is 1. The van der Waals surface area contributed by atoms with Crippen molar-refractivity contribution in [1.29, 1.82) is 0 Å². The summed E-state index contributed by atoms with van der Waals surface area (Å²) in [7, 11) is 1.78. The third-order valence-corrected chi connectivity index (χ3v) is 5.35. The van der Waals surface area contributed by atoms with E-state index in [1.165, 1.54) is 12.0 Å². The highest BCUT2D eigenvalue weighted by Crippen LogP contribution is 2.67. The largest absolute Gasteiger partial charge is 0.384 e. The van der Waals surface area contributed by atoms with E-state index in [9.17, 15) is 0 Å². The van der Waals surface area contributed by atoms with Crippen LogP contribution in [0.2, 0.25) is 10.0 Å². The molecule has 1 aliphatic heterocycles. The maximum atomic E-state index is 6.16. The summed E-state index contributed by atoms with van der Waals surface area (Å²) in [6.07, 6.45) is 2.33. The van der Waals surface area contributed by atoms with Crippen LogP contribution in [-0.4, -0.2) is 26.8 Å². The molecule has 1 saturated carbocycles. The molecule has 0 aromatic heterocycles. The van der Waals surface area contributed by atoms with Crippen LogP contribution >= 0.6 is 35.6 Å². The van der Waals surface area contributed by atoms with Crippen molar-refractivity contribution in [2.45, 2.75) is 18.3 Å². The molecular weight excluding hydrogens is 305 g/mol. The SMILES string of the molecule is COC[C@]12CNCC[C@@]1(c1ccc(Cl)c(Cl)c1)C2.Cl. The van der Waals surface area contributed by atoms with Crippen molar-refractivity contribution >= 4 is 35.6 Å². The third kappa shape index (κ3) is 2.28. The quantitative estimate of drug-likeness (QED) is 0.916. The minimum absolute atomic E-state index is 0. The van der Waals surface area contributed by atoms with Gasteiger partial charge in [-0.1, -0.05) is 29.3 Å². The number of hydrogen-bond donors (Lipinski definition) is 1. The van der Waals surface area contributed by atoms with E-state index in [1.807, 2.05) is 12.1 Å². The van der Waals surface area contributed by atoms with E-state index >= 15 is 0 Å². The van der Waals surface area contributed by atoms with Crippen molar-refractivity contribution in [3.63, 3.8) is 0 Å². The topological polar surface area (TPSA) is 21.3 Å². The average Bonchev–Trinajstić information content (AvgIpc) is 3.03. The first kappa shape index (κ1) is 15.4. The van der Waals surface area contributed by atoms with Crippen LogP contribution in [0.1, 0.15) is 18.4 Å². The molecule has 1 heterocycles. The molecule has 1 saturated heterocycles. The summed E-state index contributed by atoms with van der Waals surface area (Å²) in [5.74, 6) is 0. The number of rotatable bonds is 3. The van der Waals surface area contributed by atoms with Crippen LogP contribution in [0.4, 0.5) is 0 Å².